The Labute approximate surface area is 88.0 Å². The number of ether oxygens (including phenoxy) is 1. The lowest BCUT2D eigenvalue weighted by Gasteiger charge is -2.26. The number of aliphatic hydroxyl groups is 2. The molecule has 0 aromatic carbocycles. The van der Waals surface area contributed by atoms with Crippen LogP contribution in [0.15, 0.2) is 0 Å². The Bertz CT molecular complexity index is 228. The summed E-state index contributed by atoms with van der Waals surface area (Å²) in [6, 6.07) is 0. The van der Waals surface area contributed by atoms with Crippen molar-refractivity contribution in [2.75, 3.05) is 13.2 Å². The quantitative estimate of drug-likeness (QED) is 0.686. The van der Waals surface area contributed by atoms with E-state index in [1.165, 1.54) is 0 Å². The predicted molar refractivity (Wildman–Crippen MR) is 50.7 cm³/mol. The van der Waals surface area contributed by atoms with E-state index in [-0.39, 0.29) is 13.2 Å². The minimum Gasteiger partial charge on any atom is -0.461 e. The van der Waals surface area contributed by atoms with Crippen molar-refractivity contribution in [3.8, 4) is 0 Å². The van der Waals surface area contributed by atoms with E-state index in [1.807, 2.05) is 0 Å². The largest absolute Gasteiger partial charge is 0.461 e. The molecule has 0 heterocycles. The number of aliphatic hydroxyl groups excluding tert-OH is 1. The molecule has 0 amide bonds. The number of rotatable bonds is 4. The lowest BCUT2D eigenvalue weighted by Crippen LogP contribution is -2.36. The summed E-state index contributed by atoms with van der Waals surface area (Å²) in [6.07, 6.45) is 3.49. The summed E-state index contributed by atoms with van der Waals surface area (Å²) in [5.74, 6) is -4.24. The van der Waals surface area contributed by atoms with Gasteiger partial charge in [-0.1, -0.05) is 12.8 Å². The van der Waals surface area contributed by atoms with Crippen LogP contribution in [0.2, 0.25) is 0 Å². The first-order valence-electron chi connectivity index (χ1n) is 5.09. The zero-order valence-electron chi connectivity index (χ0n) is 8.83. The number of halogens is 1. The molecule has 5 heteroatoms. The van der Waals surface area contributed by atoms with Crippen molar-refractivity contribution in [1.29, 1.82) is 0 Å². The van der Waals surface area contributed by atoms with Gasteiger partial charge in [0.05, 0.1) is 13.2 Å². The number of hydrogen-bond acceptors (Lipinski definition) is 4. The highest BCUT2D eigenvalue weighted by Gasteiger charge is 2.38. The zero-order valence-corrected chi connectivity index (χ0v) is 8.83. The third-order valence-corrected chi connectivity index (χ3v) is 2.88. The Morgan fingerprint density at radius 1 is 1.53 bits per heavy atom. The van der Waals surface area contributed by atoms with Crippen LogP contribution in [0.4, 0.5) is 4.39 Å². The van der Waals surface area contributed by atoms with Gasteiger partial charge in [0, 0.05) is 12.3 Å². The highest BCUT2D eigenvalue weighted by molar-refractivity contribution is 5.76. The SMILES string of the molecule is CC(O)(F)C(=O)OCC1(CO)CCCC1. The van der Waals surface area contributed by atoms with Crippen LogP contribution in [0.5, 0.6) is 0 Å². The molecule has 0 bridgehead atoms. The van der Waals surface area contributed by atoms with Crippen molar-refractivity contribution >= 4 is 5.97 Å². The molecule has 0 aromatic rings. The van der Waals surface area contributed by atoms with Gasteiger partial charge in [0.25, 0.3) is 0 Å². The van der Waals surface area contributed by atoms with E-state index in [2.05, 4.69) is 4.74 Å². The number of hydrogen-bond donors (Lipinski definition) is 2. The van der Waals surface area contributed by atoms with Gasteiger partial charge in [-0.3, -0.25) is 0 Å². The van der Waals surface area contributed by atoms with Gasteiger partial charge < -0.3 is 14.9 Å². The summed E-state index contributed by atoms with van der Waals surface area (Å²) in [7, 11) is 0. The van der Waals surface area contributed by atoms with Crippen molar-refractivity contribution in [2.45, 2.75) is 38.5 Å². The van der Waals surface area contributed by atoms with Crippen molar-refractivity contribution in [3.63, 3.8) is 0 Å². The summed E-state index contributed by atoms with van der Waals surface area (Å²) < 4.78 is 17.4. The molecule has 1 rings (SSSR count). The fourth-order valence-corrected chi connectivity index (χ4v) is 1.82. The summed E-state index contributed by atoms with van der Waals surface area (Å²) >= 11 is 0. The van der Waals surface area contributed by atoms with Crippen molar-refractivity contribution in [2.24, 2.45) is 5.41 Å². The van der Waals surface area contributed by atoms with Gasteiger partial charge in [-0.25, -0.2) is 4.79 Å². The fraction of sp³-hybridized carbons (Fsp3) is 0.900. The monoisotopic (exact) mass is 220 g/mol. The van der Waals surface area contributed by atoms with Gasteiger partial charge in [-0.05, 0) is 12.8 Å². The van der Waals surface area contributed by atoms with E-state index < -0.39 is 17.2 Å². The fourth-order valence-electron chi connectivity index (χ4n) is 1.82. The van der Waals surface area contributed by atoms with Gasteiger partial charge in [0.15, 0.2) is 0 Å². The molecule has 1 saturated carbocycles. The number of alkyl halides is 1. The third kappa shape index (κ3) is 3.14. The third-order valence-electron chi connectivity index (χ3n) is 2.88. The van der Waals surface area contributed by atoms with Crippen molar-refractivity contribution in [3.05, 3.63) is 0 Å². The topological polar surface area (TPSA) is 66.8 Å². The molecule has 1 aliphatic carbocycles. The van der Waals surface area contributed by atoms with Crippen LogP contribution < -0.4 is 0 Å². The summed E-state index contributed by atoms with van der Waals surface area (Å²) in [5.41, 5.74) is -0.430. The van der Waals surface area contributed by atoms with E-state index in [1.54, 1.807) is 0 Å². The average molecular weight is 220 g/mol. The maximum Gasteiger partial charge on any atom is 0.371 e. The normalized spacial score (nSPS) is 23.5. The molecule has 0 saturated heterocycles. The molecule has 2 N–H and O–H groups in total. The van der Waals surface area contributed by atoms with E-state index in [9.17, 15) is 14.3 Å². The first-order valence-corrected chi connectivity index (χ1v) is 5.09. The molecule has 1 atom stereocenters. The molecule has 0 aromatic heterocycles. The van der Waals surface area contributed by atoms with Gasteiger partial charge in [-0.15, -0.1) is 0 Å². The Morgan fingerprint density at radius 3 is 2.47 bits per heavy atom. The highest BCUT2D eigenvalue weighted by Crippen LogP contribution is 2.37. The Kier molecular flexibility index (Phi) is 3.67. The van der Waals surface area contributed by atoms with Gasteiger partial charge in [0.1, 0.15) is 0 Å². The number of carbonyl (C=O) groups is 1. The molecule has 0 aliphatic heterocycles. The van der Waals surface area contributed by atoms with Crippen molar-refractivity contribution in [1.82, 2.24) is 0 Å². The minimum absolute atomic E-state index is 0.0254. The molecule has 1 fully saturated rings. The van der Waals surface area contributed by atoms with E-state index in [4.69, 9.17) is 5.11 Å². The average Bonchev–Trinajstić information content (AvgIpc) is 2.62. The van der Waals surface area contributed by atoms with Crippen LogP contribution in [-0.2, 0) is 9.53 Å². The second kappa shape index (κ2) is 4.45. The molecule has 1 aliphatic rings. The van der Waals surface area contributed by atoms with Crippen LogP contribution in [0.25, 0.3) is 0 Å². The van der Waals surface area contributed by atoms with Crippen LogP contribution >= 0.6 is 0 Å². The number of esters is 1. The molecular formula is C10H17FO4. The lowest BCUT2D eigenvalue weighted by atomic mass is 9.88. The maximum atomic E-state index is 12.7. The molecule has 88 valence electrons. The van der Waals surface area contributed by atoms with E-state index in [0.29, 0.717) is 0 Å². The zero-order chi connectivity index (χ0) is 11.5. The van der Waals surface area contributed by atoms with Crippen LogP contribution in [-0.4, -0.2) is 35.3 Å². The summed E-state index contributed by atoms with van der Waals surface area (Å²) in [6.45, 7) is 0.632. The highest BCUT2D eigenvalue weighted by atomic mass is 19.2. The van der Waals surface area contributed by atoms with Crippen LogP contribution in [0, 0.1) is 5.41 Å². The second-order valence-corrected chi connectivity index (χ2v) is 4.39. The molecule has 0 spiro atoms. The van der Waals surface area contributed by atoms with E-state index >= 15 is 0 Å². The van der Waals surface area contributed by atoms with Crippen LogP contribution in [0.1, 0.15) is 32.6 Å². The van der Waals surface area contributed by atoms with Gasteiger partial charge in [0.2, 0.25) is 0 Å². The minimum atomic E-state index is -2.95. The second-order valence-electron chi connectivity index (χ2n) is 4.39. The Hall–Kier alpha value is -0.680. The lowest BCUT2D eigenvalue weighted by molar-refractivity contribution is -0.186. The molecule has 4 nitrogen and oxygen atoms in total. The molecule has 1 unspecified atom stereocenters. The smallest absolute Gasteiger partial charge is 0.371 e. The molecule has 15 heavy (non-hydrogen) atoms. The number of carbonyl (C=O) groups excluding carboxylic acids is 1. The first-order chi connectivity index (χ1) is 6.90. The van der Waals surface area contributed by atoms with E-state index in [0.717, 1.165) is 32.6 Å². The molecule has 0 radical (unpaired) electrons. The Morgan fingerprint density at radius 2 is 2.07 bits per heavy atom. The Balaban J connectivity index is 2.45. The van der Waals surface area contributed by atoms with Crippen molar-refractivity contribution < 1.29 is 24.1 Å². The van der Waals surface area contributed by atoms with Crippen LogP contribution in [0.3, 0.4) is 0 Å². The summed E-state index contributed by atoms with van der Waals surface area (Å²) in [5, 5.41) is 17.9. The standard InChI is InChI=1S/C10H17FO4/c1-9(11,14)8(13)15-7-10(6-12)4-2-3-5-10/h12,14H,2-7H2,1H3. The van der Waals surface area contributed by atoms with Gasteiger partial charge >= 0.3 is 11.8 Å². The molecular weight excluding hydrogens is 203 g/mol. The van der Waals surface area contributed by atoms with Gasteiger partial charge in [-0.2, -0.15) is 4.39 Å². The summed E-state index contributed by atoms with van der Waals surface area (Å²) in [4.78, 5) is 11.0. The predicted octanol–water partition coefficient (Wildman–Crippen LogP) is 0.760. The maximum absolute atomic E-state index is 12.7. The first kappa shape index (κ1) is 12.4.